The van der Waals surface area contributed by atoms with Gasteiger partial charge in [0, 0.05) is 41.6 Å². The van der Waals surface area contributed by atoms with Crippen LogP contribution in [0.4, 0.5) is 19.0 Å². The molecular weight excluding hydrogens is 525 g/mol. The van der Waals surface area contributed by atoms with Crippen molar-refractivity contribution in [2.45, 2.75) is 70.6 Å². The molecule has 0 unspecified atom stereocenters. The average Bonchev–Trinajstić information content (AvgIpc) is 3.38. The van der Waals surface area contributed by atoms with E-state index in [0.29, 0.717) is 46.9 Å². The van der Waals surface area contributed by atoms with Gasteiger partial charge in [-0.25, -0.2) is 23.1 Å². The number of aliphatic hydroxyl groups is 2. The van der Waals surface area contributed by atoms with Crippen LogP contribution in [0.5, 0.6) is 5.75 Å². The molecule has 1 fully saturated rings. The SMILES string of the molecule is Cc1nc(N[C@H](C)c2cccc(C(F)F)c2F)c2cc(C3(O)CCN(C(=O)C(C)(C)O)CC3)c3c(c2n1)CCO3. The predicted molar refractivity (Wildman–Crippen MR) is 143 cm³/mol. The lowest BCUT2D eigenvalue weighted by Gasteiger charge is -2.40. The third kappa shape index (κ3) is 4.96. The molecule has 0 radical (unpaired) electrons. The Morgan fingerprint density at radius 3 is 2.52 bits per heavy atom. The van der Waals surface area contributed by atoms with Crippen molar-refractivity contribution in [3.05, 3.63) is 58.2 Å². The van der Waals surface area contributed by atoms with Crippen molar-refractivity contribution in [2.24, 2.45) is 0 Å². The molecule has 2 aliphatic heterocycles. The fraction of sp³-hybridized carbons (Fsp3) is 0.483. The number of hydrogen-bond donors (Lipinski definition) is 3. The molecule has 0 bridgehead atoms. The van der Waals surface area contributed by atoms with Gasteiger partial charge >= 0.3 is 0 Å². The minimum absolute atomic E-state index is 0.0782. The van der Waals surface area contributed by atoms with E-state index in [-0.39, 0.29) is 31.5 Å². The predicted octanol–water partition coefficient (Wildman–Crippen LogP) is 4.70. The van der Waals surface area contributed by atoms with Gasteiger partial charge in [0.2, 0.25) is 0 Å². The number of likely N-dealkylation sites (tertiary alicyclic amines) is 1. The van der Waals surface area contributed by atoms with E-state index in [9.17, 15) is 28.2 Å². The van der Waals surface area contributed by atoms with Gasteiger partial charge in [0.15, 0.2) is 0 Å². The highest BCUT2D eigenvalue weighted by Crippen LogP contribution is 2.46. The number of aryl methyl sites for hydroxylation is 1. The van der Waals surface area contributed by atoms with E-state index in [1.165, 1.54) is 26.0 Å². The molecule has 2 aromatic carbocycles. The van der Waals surface area contributed by atoms with Gasteiger partial charge in [-0.05, 0) is 46.6 Å². The molecule has 0 aliphatic carbocycles. The van der Waals surface area contributed by atoms with Crippen molar-refractivity contribution < 1.29 is 32.9 Å². The van der Waals surface area contributed by atoms with Gasteiger partial charge in [-0.3, -0.25) is 4.79 Å². The number of carbonyl (C=O) groups excluding carboxylic acids is 1. The summed E-state index contributed by atoms with van der Waals surface area (Å²) < 4.78 is 47.5. The number of piperidine rings is 1. The number of rotatable bonds is 6. The second-order valence-electron chi connectivity index (χ2n) is 11.1. The first-order chi connectivity index (χ1) is 18.8. The summed E-state index contributed by atoms with van der Waals surface area (Å²) in [6.45, 7) is 7.18. The normalized spacial score (nSPS) is 17.6. The van der Waals surface area contributed by atoms with Crippen LogP contribution in [0.2, 0.25) is 0 Å². The Morgan fingerprint density at radius 1 is 1.20 bits per heavy atom. The number of nitrogens with one attached hydrogen (secondary N) is 1. The smallest absolute Gasteiger partial charge is 0.266 e. The van der Waals surface area contributed by atoms with Gasteiger partial charge in [0.05, 0.1) is 29.3 Å². The van der Waals surface area contributed by atoms with Crippen molar-refractivity contribution in [3.63, 3.8) is 0 Å². The Hall–Kier alpha value is -3.44. The first-order valence-corrected chi connectivity index (χ1v) is 13.3. The fourth-order valence-corrected chi connectivity index (χ4v) is 5.63. The lowest BCUT2D eigenvalue weighted by molar-refractivity contribution is -0.152. The van der Waals surface area contributed by atoms with Crippen LogP contribution in [0, 0.1) is 12.7 Å². The van der Waals surface area contributed by atoms with Gasteiger partial charge in [0.25, 0.3) is 12.3 Å². The largest absolute Gasteiger partial charge is 0.492 e. The lowest BCUT2D eigenvalue weighted by Crippen LogP contribution is -2.51. The monoisotopic (exact) mass is 558 g/mol. The minimum atomic E-state index is -2.94. The molecule has 1 aromatic heterocycles. The zero-order valence-electron chi connectivity index (χ0n) is 22.9. The Labute approximate surface area is 230 Å². The Balaban J connectivity index is 1.54. The van der Waals surface area contributed by atoms with Gasteiger partial charge in [-0.2, -0.15) is 0 Å². The average molecular weight is 559 g/mol. The number of fused-ring (bicyclic) bond motifs is 3. The minimum Gasteiger partial charge on any atom is -0.492 e. The Kier molecular flexibility index (Phi) is 7.16. The van der Waals surface area contributed by atoms with Crippen molar-refractivity contribution in [3.8, 4) is 5.75 Å². The maximum atomic E-state index is 14.9. The molecule has 40 heavy (non-hydrogen) atoms. The topological polar surface area (TPSA) is 108 Å². The number of ether oxygens (including phenoxy) is 1. The molecule has 1 saturated heterocycles. The Bertz CT molecular complexity index is 1470. The molecule has 3 heterocycles. The quantitative estimate of drug-likeness (QED) is 0.403. The van der Waals surface area contributed by atoms with Crippen LogP contribution in [0.1, 0.15) is 74.2 Å². The van der Waals surface area contributed by atoms with Gasteiger partial charge in [-0.15, -0.1) is 0 Å². The molecule has 3 aromatic rings. The first-order valence-electron chi connectivity index (χ1n) is 13.3. The number of benzene rings is 2. The molecule has 0 spiro atoms. The third-order valence-corrected chi connectivity index (χ3v) is 7.76. The number of halogens is 3. The number of alkyl halides is 2. The van der Waals surface area contributed by atoms with Crippen LogP contribution in [-0.2, 0) is 16.8 Å². The molecular formula is C29H33F3N4O4. The van der Waals surface area contributed by atoms with E-state index >= 15 is 0 Å². The van der Waals surface area contributed by atoms with Crippen molar-refractivity contribution >= 4 is 22.6 Å². The van der Waals surface area contributed by atoms with Crippen LogP contribution in [0.15, 0.2) is 24.3 Å². The number of anilines is 1. The van der Waals surface area contributed by atoms with E-state index < -0.39 is 41.0 Å². The van der Waals surface area contributed by atoms with Crippen LogP contribution >= 0.6 is 0 Å². The van der Waals surface area contributed by atoms with Crippen LogP contribution in [-0.4, -0.2) is 56.3 Å². The summed E-state index contributed by atoms with van der Waals surface area (Å²) >= 11 is 0. The first kappa shape index (κ1) is 28.1. The third-order valence-electron chi connectivity index (χ3n) is 7.76. The van der Waals surface area contributed by atoms with Crippen LogP contribution < -0.4 is 10.1 Å². The summed E-state index contributed by atoms with van der Waals surface area (Å²) in [4.78, 5) is 23.3. The molecule has 1 atom stereocenters. The summed E-state index contributed by atoms with van der Waals surface area (Å²) in [6, 6.07) is 4.99. The zero-order chi connectivity index (χ0) is 29.0. The number of amides is 1. The van der Waals surface area contributed by atoms with E-state index in [4.69, 9.17) is 4.74 Å². The van der Waals surface area contributed by atoms with Gasteiger partial charge in [-0.1, -0.05) is 18.2 Å². The second kappa shape index (κ2) is 10.2. The van der Waals surface area contributed by atoms with E-state index in [0.717, 1.165) is 11.6 Å². The van der Waals surface area contributed by atoms with Crippen LogP contribution in [0.25, 0.3) is 10.9 Å². The number of aromatic nitrogens is 2. The van der Waals surface area contributed by atoms with Crippen molar-refractivity contribution in [2.75, 3.05) is 25.0 Å². The summed E-state index contributed by atoms with van der Waals surface area (Å²) in [5, 5.41) is 25.7. The van der Waals surface area contributed by atoms with Gasteiger partial charge < -0.3 is 25.2 Å². The standard InChI is InChI=1S/C29H33F3N4O4/c1-15(17-6-5-7-18(22(17)30)25(31)32)33-26-20-14-21(24-19(8-13-40-24)23(20)34-16(2)35-26)29(39)9-11-36(12-10-29)27(37)28(3,4)38/h5-7,14-15,25,38-39H,8-13H2,1-4H3,(H,33,34,35)/t15-/m1/s1. The maximum Gasteiger partial charge on any atom is 0.266 e. The molecule has 0 saturated carbocycles. The number of hydrogen-bond acceptors (Lipinski definition) is 7. The summed E-state index contributed by atoms with van der Waals surface area (Å²) in [5.74, 6) is 0.0327. The lowest BCUT2D eigenvalue weighted by atomic mass is 9.82. The highest BCUT2D eigenvalue weighted by Gasteiger charge is 2.42. The second-order valence-corrected chi connectivity index (χ2v) is 11.1. The molecule has 11 heteroatoms. The van der Waals surface area contributed by atoms with Crippen molar-refractivity contribution in [1.82, 2.24) is 14.9 Å². The molecule has 1 amide bonds. The molecule has 214 valence electrons. The fourth-order valence-electron chi connectivity index (χ4n) is 5.63. The summed E-state index contributed by atoms with van der Waals surface area (Å²) in [6.07, 6.45) is -1.91. The molecule has 8 nitrogen and oxygen atoms in total. The van der Waals surface area contributed by atoms with E-state index in [1.54, 1.807) is 24.8 Å². The summed E-state index contributed by atoms with van der Waals surface area (Å²) in [5.41, 5.74) is -1.40. The van der Waals surface area contributed by atoms with Crippen molar-refractivity contribution in [1.29, 1.82) is 0 Å². The van der Waals surface area contributed by atoms with Gasteiger partial charge in [0.1, 0.15) is 28.8 Å². The maximum absolute atomic E-state index is 14.9. The van der Waals surface area contributed by atoms with E-state index in [2.05, 4.69) is 15.3 Å². The number of nitrogens with zero attached hydrogens (tertiary/aromatic N) is 3. The molecule has 5 rings (SSSR count). The zero-order valence-corrected chi connectivity index (χ0v) is 22.9. The highest BCUT2D eigenvalue weighted by atomic mass is 19.3. The molecule has 2 aliphatic rings. The Morgan fingerprint density at radius 2 is 1.88 bits per heavy atom. The highest BCUT2D eigenvalue weighted by molar-refractivity contribution is 5.94. The summed E-state index contributed by atoms with van der Waals surface area (Å²) in [7, 11) is 0. The molecule has 3 N–H and O–H groups in total. The van der Waals surface area contributed by atoms with Crippen LogP contribution in [0.3, 0.4) is 0 Å². The van der Waals surface area contributed by atoms with E-state index in [1.807, 2.05) is 0 Å². The number of carbonyl (C=O) groups is 1.